The molecular formula is C13H18Cl2FN3O. The molecule has 4 nitrogen and oxygen atoms in total. The second-order valence-electron chi connectivity index (χ2n) is 4.70. The highest BCUT2D eigenvalue weighted by Crippen LogP contribution is 2.19. The van der Waals surface area contributed by atoms with Crippen molar-refractivity contribution >= 4 is 35.6 Å². The van der Waals surface area contributed by atoms with Gasteiger partial charge in [-0.25, -0.2) is 4.39 Å². The minimum absolute atomic E-state index is 0. The number of amides is 1. The van der Waals surface area contributed by atoms with E-state index < -0.39 is 5.82 Å². The first-order valence-corrected chi connectivity index (χ1v) is 6.64. The van der Waals surface area contributed by atoms with E-state index in [-0.39, 0.29) is 23.3 Å². The Morgan fingerprint density at radius 3 is 3.00 bits per heavy atom. The number of halogens is 3. The van der Waals surface area contributed by atoms with Crippen molar-refractivity contribution in [1.29, 1.82) is 0 Å². The molecule has 2 rings (SSSR count). The average Bonchev–Trinajstić information content (AvgIpc) is 2.37. The highest BCUT2D eigenvalue weighted by Gasteiger charge is 2.20. The Hall–Kier alpha value is -0.880. The molecule has 1 fully saturated rings. The molecule has 1 aliphatic heterocycles. The summed E-state index contributed by atoms with van der Waals surface area (Å²) in [6.45, 7) is 5.03. The third-order valence-electron chi connectivity index (χ3n) is 3.19. The lowest BCUT2D eigenvalue weighted by atomic mass is 10.2. The molecule has 1 amide bonds. The molecule has 2 N–H and O–H groups in total. The summed E-state index contributed by atoms with van der Waals surface area (Å²) in [5.41, 5.74) is 0.513. The SMILES string of the molecule is C[C@@H]1CNCCN1CC(=O)Nc1ccc(F)c(Cl)c1.Cl. The second-order valence-corrected chi connectivity index (χ2v) is 5.11. The number of carbonyl (C=O) groups excluding carboxylic acids is 1. The molecule has 1 saturated heterocycles. The molecule has 1 aromatic rings. The third-order valence-corrected chi connectivity index (χ3v) is 3.48. The van der Waals surface area contributed by atoms with Crippen molar-refractivity contribution < 1.29 is 9.18 Å². The van der Waals surface area contributed by atoms with Crippen molar-refractivity contribution in [2.24, 2.45) is 0 Å². The van der Waals surface area contributed by atoms with E-state index in [0.29, 0.717) is 18.3 Å². The fourth-order valence-electron chi connectivity index (χ4n) is 2.08. The minimum Gasteiger partial charge on any atom is -0.325 e. The summed E-state index contributed by atoms with van der Waals surface area (Å²) >= 11 is 5.67. The summed E-state index contributed by atoms with van der Waals surface area (Å²) in [5, 5.41) is 6.00. The van der Waals surface area contributed by atoms with Crippen LogP contribution in [-0.4, -0.2) is 43.0 Å². The molecule has 1 aliphatic rings. The Morgan fingerprint density at radius 2 is 2.35 bits per heavy atom. The number of hydrogen-bond donors (Lipinski definition) is 2. The molecule has 0 radical (unpaired) electrons. The lowest BCUT2D eigenvalue weighted by Gasteiger charge is -2.33. The monoisotopic (exact) mass is 321 g/mol. The number of benzene rings is 1. The van der Waals surface area contributed by atoms with Gasteiger partial charge in [0.25, 0.3) is 0 Å². The summed E-state index contributed by atoms with van der Waals surface area (Å²) < 4.78 is 13.0. The van der Waals surface area contributed by atoms with Gasteiger partial charge in [0, 0.05) is 31.4 Å². The van der Waals surface area contributed by atoms with Crippen LogP contribution in [0, 0.1) is 5.82 Å². The summed E-state index contributed by atoms with van der Waals surface area (Å²) in [6, 6.07) is 4.48. The van der Waals surface area contributed by atoms with Gasteiger partial charge in [0.15, 0.2) is 0 Å². The van der Waals surface area contributed by atoms with Crippen molar-refractivity contribution in [2.75, 3.05) is 31.5 Å². The highest BCUT2D eigenvalue weighted by molar-refractivity contribution is 6.31. The number of anilines is 1. The van der Waals surface area contributed by atoms with Gasteiger partial charge in [-0.1, -0.05) is 11.6 Å². The van der Waals surface area contributed by atoms with Crippen LogP contribution in [0.2, 0.25) is 5.02 Å². The van der Waals surface area contributed by atoms with Gasteiger partial charge < -0.3 is 10.6 Å². The molecular weight excluding hydrogens is 304 g/mol. The molecule has 1 heterocycles. The van der Waals surface area contributed by atoms with Crippen LogP contribution in [-0.2, 0) is 4.79 Å². The molecule has 1 atom stereocenters. The Morgan fingerprint density at radius 1 is 1.60 bits per heavy atom. The van der Waals surface area contributed by atoms with Gasteiger partial charge in [0.05, 0.1) is 11.6 Å². The minimum atomic E-state index is -0.490. The number of piperazine rings is 1. The van der Waals surface area contributed by atoms with Gasteiger partial charge in [-0.05, 0) is 25.1 Å². The maximum Gasteiger partial charge on any atom is 0.238 e. The number of hydrogen-bond acceptors (Lipinski definition) is 3. The fourth-order valence-corrected chi connectivity index (χ4v) is 2.26. The Bertz CT molecular complexity index is 473. The summed E-state index contributed by atoms with van der Waals surface area (Å²) in [5.74, 6) is -0.605. The van der Waals surface area contributed by atoms with Crippen LogP contribution in [0.25, 0.3) is 0 Å². The maximum atomic E-state index is 13.0. The van der Waals surface area contributed by atoms with Gasteiger partial charge in [0.1, 0.15) is 5.82 Å². The fraction of sp³-hybridized carbons (Fsp3) is 0.462. The van der Waals surface area contributed by atoms with Gasteiger partial charge >= 0.3 is 0 Å². The summed E-state index contributed by atoms with van der Waals surface area (Å²) in [6.07, 6.45) is 0. The molecule has 7 heteroatoms. The molecule has 1 aromatic carbocycles. The van der Waals surface area contributed by atoms with Crippen molar-refractivity contribution in [3.63, 3.8) is 0 Å². The van der Waals surface area contributed by atoms with Gasteiger partial charge in [-0.2, -0.15) is 0 Å². The van der Waals surface area contributed by atoms with Crippen LogP contribution in [0.1, 0.15) is 6.92 Å². The summed E-state index contributed by atoms with van der Waals surface area (Å²) in [7, 11) is 0. The number of carbonyl (C=O) groups is 1. The molecule has 20 heavy (non-hydrogen) atoms. The molecule has 0 aliphatic carbocycles. The van der Waals surface area contributed by atoms with E-state index in [1.807, 2.05) is 0 Å². The topological polar surface area (TPSA) is 44.4 Å². The number of nitrogens with zero attached hydrogens (tertiary/aromatic N) is 1. The highest BCUT2D eigenvalue weighted by atomic mass is 35.5. The molecule has 0 spiro atoms. The molecule has 0 saturated carbocycles. The Kier molecular flexibility index (Phi) is 6.68. The van der Waals surface area contributed by atoms with Crippen molar-refractivity contribution in [3.05, 3.63) is 29.0 Å². The zero-order chi connectivity index (χ0) is 13.8. The standard InChI is InChI=1S/C13H17ClFN3O.ClH/c1-9-7-16-4-5-18(9)8-13(19)17-10-2-3-12(15)11(14)6-10;/h2-3,6,9,16H,4-5,7-8H2,1H3,(H,17,19);1H/t9-;/m1./s1. The molecule has 112 valence electrons. The van der Waals surface area contributed by atoms with Crippen molar-refractivity contribution in [2.45, 2.75) is 13.0 Å². The van der Waals surface area contributed by atoms with E-state index in [2.05, 4.69) is 22.5 Å². The quantitative estimate of drug-likeness (QED) is 0.896. The van der Waals surface area contributed by atoms with Crippen LogP contribution in [0.3, 0.4) is 0 Å². The first kappa shape index (κ1) is 17.2. The normalized spacial score (nSPS) is 19.2. The van der Waals surface area contributed by atoms with E-state index in [1.165, 1.54) is 18.2 Å². The summed E-state index contributed by atoms with van der Waals surface area (Å²) in [4.78, 5) is 14.0. The maximum absolute atomic E-state index is 13.0. The van der Waals surface area contributed by atoms with Gasteiger partial charge in [0.2, 0.25) is 5.91 Å². The Balaban J connectivity index is 0.00000200. The predicted octanol–water partition coefficient (Wildman–Crippen LogP) is 2.13. The zero-order valence-electron chi connectivity index (χ0n) is 11.2. The van der Waals surface area contributed by atoms with Crippen LogP contribution >= 0.6 is 24.0 Å². The second kappa shape index (κ2) is 7.78. The number of nitrogens with one attached hydrogen (secondary N) is 2. The average molecular weight is 322 g/mol. The largest absolute Gasteiger partial charge is 0.325 e. The van der Waals surface area contributed by atoms with Crippen LogP contribution in [0.5, 0.6) is 0 Å². The van der Waals surface area contributed by atoms with Crippen LogP contribution in [0.15, 0.2) is 18.2 Å². The smallest absolute Gasteiger partial charge is 0.238 e. The molecule has 0 aromatic heterocycles. The molecule has 0 unspecified atom stereocenters. The van der Waals surface area contributed by atoms with Crippen molar-refractivity contribution in [3.8, 4) is 0 Å². The lowest BCUT2D eigenvalue weighted by Crippen LogP contribution is -2.51. The zero-order valence-corrected chi connectivity index (χ0v) is 12.7. The van der Waals surface area contributed by atoms with Crippen LogP contribution in [0.4, 0.5) is 10.1 Å². The van der Waals surface area contributed by atoms with Crippen LogP contribution < -0.4 is 10.6 Å². The Labute approximate surface area is 129 Å². The van der Waals surface area contributed by atoms with Crippen molar-refractivity contribution in [1.82, 2.24) is 10.2 Å². The first-order chi connectivity index (χ1) is 9.06. The van der Waals surface area contributed by atoms with Gasteiger partial charge in [-0.3, -0.25) is 9.69 Å². The van der Waals surface area contributed by atoms with Gasteiger partial charge in [-0.15, -0.1) is 12.4 Å². The third kappa shape index (κ3) is 4.59. The molecule has 0 bridgehead atoms. The van der Waals surface area contributed by atoms with E-state index in [4.69, 9.17) is 11.6 Å². The lowest BCUT2D eigenvalue weighted by molar-refractivity contribution is -0.118. The van der Waals surface area contributed by atoms with E-state index in [0.717, 1.165) is 19.6 Å². The van der Waals surface area contributed by atoms with E-state index in [9.17, 15) is 9.18 Å². The predicted molar refractivity (Wildman–Crippen MR) is 81.2 cm³/mol. The first-order valence-electron chi connectivity index (χ1n) is 6.26. The van der Waals surface area contributed by atoms with E-state index in [1.54, 1.807) is 0 Å². The van der Waals surface area contributed by atoms with E-state index >= 15 is 0 Å². The number of rotatable bonds is 3.